The summed E-state index contributed by atoms with van der Waals surface area (Å²) in [6, 6.07) is 0. The highest BCUT2D eigenvalue weighted by Gasteiger charge is 2.30. The summed E-state index contributed by atoms with van der Waals surface area (Å²) in [7, 11) is -1.39. The Morgan fingerprint density at radius 3 is 2.43 bits per heavy atom. The first-order valence-corrected chi connectivity index (χ1v) is 7.91. The van der Waals surface area contributed by atoms with Crippen LogP contribution in [0.3, 0.4) is 0 Å². The monoisotopic (exact) mass is 349 g/mol. The van der Waals surface area contributed by atoms with Crippen LogP contribution >= 0.6 is 0 Å². The highest BCUT2D eigenvalue weighted by atomic mass is 32.3. The van der Waals surface area contributed by atoms with Gasteiger partial charge in [-0.05, 0) is 12.2 Å². The lowest BCUT2D eigenvalue weighted by atomic mass is 10.1. The molecule has 0 aromatic heterocycles. The Morgan fingerprint density at radius 2 is 2.00 bits per heavy atom. The molecule has 2 atom stereocenters. The molecule has 0 aromatic rings. The quantitative estimate of drug-likeness (QED) is 0.416. The van der Waals surface area contributed by atoms with Gasteiger partial charge in [-0.2, -0.15) is 13.2 Å². The summed E-state index contributed by atoms with van der Waals surface area (Å²) in [4.78, 5) is 5.27. The SMILES string of the molecule is COC1CN(C2=CCC(=[N+]=[N-])C=C2)C(OC)CO1.O=S(=O)(O)O. The molecule has 0 bridgehead atoms. The Morgan fingerprint density at radius 1 is 1.35 bits per heavy atom. The molecule has 0 radical (unpaired) electrons. The minimum Gasteiger partial charge on any atom is -0.361 e. The van der Waals surface area contributed by atoms with Gasteiger partial charge in [-0.1, -0.05) is 0 Å². The molecule has 0 aromatic carbocycles. The summed E-state index contributed by atoms with van der Waals surface area (Å²) in [5.74, 6) is 0. The third-order valence-corrected chi connectivity index (χ3v) is 3.08. The van der Waals surface area contributed by atoms with Crippen molar-refractivity contribution >= 4 is 16.1 Å². The zero-order valence-corrected chi connectivity index (χ0v) is 13.5. The number of hydrogen-bond acceptors (Lipinski definition) is 6. The second-order valence-electron chi connectivity index (χ2n) is 4.55. The molecule has 1 saturated heterocycles. The average molecular weight is 349 g/mol. The minimum atomic E-state index is -4.67. The van der Waals surface area contributed by atoms with Crippen molar-refractivity contribution in [3.63, 3.8) is 0 Å². The summed E-state index contributed by atoms with van der Waals surface area (Å²) < 4.78 is 47.7. The zero-order valence-electron chi connectivity index (χ0n) is 12.7. The number of allylic oxidation sites excluding steroid dienone is 3. The molecule has 2 aliphatic rings. The van der Waals surface area contributed by atoms with Gasteiger partial charge in [0.25, 0.3) is 5.71 Å². The summed E-state index contributed by atoms with van der Waals surface area (Å²) in [5.41, 5.74) is 10.4. The van der Waals surface area contributed by atoms with Crippen LogP contribution in [0, 0.1) is 0 Å². The maximum atomic E-state index is 8.74. The molecule has 23 heavy (non-hydrogen) atoms. The van der Waals surface area contributed by atoms with E-state index < -0.39 is 10.4 Å². The maximum absolute atomic E-state index is 8.74. The lowest BCUT2D eigenvalue weighted by molar-refractivity contribution is -0.216. The number of ether oxygens (including phenoxy) is 3. The van der Waals surface area contributed by atoms with Gasteiger partial charge in [-0.25, -0.2) is 0 Å². The molecule has 10 nitrogen and oxygen atoms in total. The molecule has 0 saturated carbocycles. The van der Waals surface area contributed by atoms with E-state index in [9.17, 15) is 0 Å². The van der Waals surface area contributed by atoms with E-state index in [1.165, 1.54) is 0 Å². The fourth-order valence-corrected chi connectivity index (χ4v) is 2.03. The first kappa shape index (κ1) is 19.5. The molecule has 1 fully saturated rings. The van der Waals surface area contributed by atoms with E-state index in [0.29, 0.717) is 25.3 Å². The Hall–Kier alpha value is -1.59. The topological polar surface area (TPSA) is 142 Å². The van der Waals surface area contributed by atoms with Crippen molar-refractivity contribution in [2.24, 2.45) is 0 Å². The van der Waals surface area contributed by atoms with Gasteiger partial charge < -0.3 is 24.6 Å². The normalized spacial score (nSPS) is 24.4. The van der Waals surface area contributed by atoms with Crippen LogP contribution in [0.5, 0.6) is 0 Å². The molecule has 0 amide bonds. The van der Waals surface area contributed by atoms with Crippen LogP contribution in [-0.4, -0.2) is 72.8 Å². The summed E-state index contributed by atoms with van der Waals surface area (Å²) >= 11 is 0. The smallest absolute Gasteiger partial charge is 0.361 e. The van der Waals surface area contributed by atoms with Gasteiger partial charge in [0.05, 0.1) is 19.6 Å². The highest BCUT2D eigenvalue weighted by Crippen LogP contribution is 2.21. The van der Waals surface area contributed by atoms with Crippen molar-refractivity contribution in [3.05, 3.63) is 29.5 Å². The number of morpholine rings is 1. The third-order valence-electron chi connectivity index (χ3n) is 3.08. The fraction of sp³-hybridized carbons (Fsp3) is 0.583. The fourth-order valence-electron chi connectivity index (χ4n) is 2.03. The van der Waals surface area contributed by atoms with Crippen LogP contribution in [0.4, 0.5) is 0 Å². The van der Waals surface area contributed by atoms with Crippen molar-refractivity contribution in [1.82, 2.24) is 4.90 Å². The van der Waals surface area contributed by atoms with Crippen LogP contribution in [-0.2, 0) is 24.6 Å². The molecule has 130 valence electrons. The lowest BCUT2D eigenvalue weighted by Gasteiger charge is -2.40. The zero-order chi connectivity index (χ0) is 17.5. The first-order chi connectivity index (χ1) is 10.8. The predicted octanol–water partition coefficient (Wildman–Crippen LogP) is 0.125. The molecular weight excluding hydrogens is 330 g/mol. The number of hydrogen-bond donors (Lipinski definition) is 2. The Bertz CT molecular complexity index is 602. The van der Waals surface area contributed by atoms with Crippen molar-refractivity contribution in [1.29, 1.82) is 0 Å². The van der Waals surface area contributed by atoms with Crippen LogP contribution in [0.1, 0.15) is 6.42 Å². The van der Waals surface area contributed by atoms with Gasteiger partial charge in [0.15, 0.2) is 12.5 Å². The van der Waals surface area contributed by atoms with Gasteiger partial charge in [-0.3, -0.25) is 9.11 Å². The second kappa shape index (κ2) is 8.89. The van der Waals surface area contributed by atoms with Gasteiger partial charge in [0.2, 0.25) is 0 Å². The van der Waals surface area contributed by atoms with Crippen LogP contribution in [0.2, 0.25) is 0 Å². The van der Waals surface area contributed by atoms with Crippen molar-refractivity contribution in [2.75, 3.05) is 27.4 Å². The number of nitrogens with zero attached hydrogens (tertiary/aromatic N) is 3. The minimum absolute atomic E-state index is 0.125. The van der Waals surface area contributed by atoms with Crippen molar-refractivity contribution in [2.45, 2.75) is 18.9 Å². The molecular formula is C12H19N3O7S. The van der Waals surface area contributed by atoms with Gasteiger partial charge in [0.1, 0.15) is 0 Å². The molecule has 2 N–H and O–H groups in total. The van der Waals surface area contributed by atoms with E-state index in [-0.39, 0.29) is 12.5 Å². The molecule has 0 spiro atoms. The van der Waals surface area contributed by atoms with Crippen molar-refractivity contribution < 1.29 is 36.5 Å². The van der Waals surface area contributed by atoms with Gasteiger partial charge >= 0.3 is 10.4 Å². The van der Waals surface area contributed by atoms with Gasteiger partial charge in [0, 0.05) is 26.0 Å². The Kier molecular flexibility index (Phi) is 7.52. The summed E-state index contributed by atoms with van der Waals surface area (Å²) in [5, 5.41) is 0. The van der Waals surface area contributed by atoms with Crippen LogP contribution in [0.15, 0.2) is 23.9 Å². The van der Waals surface area contributed by atoms with E-state index in [1.807, 2.05) is 12.2 Å². The van der Waals surface area contributed by atoms with Gasteiger partial charge in [-0.15, -0.1) is 0 Å². The van der Waals surface area contributed by atoms with E-state index in [1.54, 1.807) is 20.3 Å². The summed E-state index contributed by atoms with van der Waals surface area (Å²) in [6.07, 6.45) is 5.92. The van der Waals surface area contributed by atoms with Crippen LogP contribution < -0.4 is 0 Å². The van der Waals surface area contributed by atoms with E-state index in [0.717, 1.165) is 5.70 Å². The largest absolute Gasteiger partial charge is 0.394 e. The van der Waals surface area contributed by atoms with E-state index in [4.69, 9.17) is 37.3 Å². The van der Waals surface area contributed by atoms with E-state index in [2.05, 4.69) is 9.69 Å². The number of rotatable bonds is 3. The maximum Gasteiger partial charge on any atom is 0.394 e. The van der Waals surface area contributed by atoms with E-state index >= 15 is 0 Å². The Labute approximate surface area is 134 Å². The molecule has 2 unspecified atom stereocenters. The molecule has 1 heterocycles. The standard InChI is InChI=1S/C12H17N3O3.H2O4S/c1-16-11-8-18-12(17-2)7-15(11)10-5-3-9(14-13)4-6-10;1-5(2,3)4/h3,5-6,11-12H,4,7-8H2,1-2H3;(H2,1,2,3,4). The second-order valence-corrected chi connectivity index (χ2v) is 5.44. The summed E-state index contributed by atoms with van der Waals surface area (Å²) in [6.45, 7) is 1.07. The lowest BCUT2D eigenvalue weighted by Crippen LogP contribution is -2.50. The molecule has 1 aliphatic carbocycles. The Balaban J connectivity index is 0.000000463. The van der Waals surface area contributed by atoms with Crippen molar-refractivity contribution in [3.8, 4) is 0 Å². The number of methoxy groups -OCH3 is 2. The van der Waals surface area contributed by atoms with Crippen LogP contribution in [0.25, 0.3) is 5.53 Å². The molecule has 11 heteroatoms. The predicted molar refractivity (Wildman–Crippen MR) is 78.9 cm³/mol. The average Bonchev–Trinajstić information content (AvgIpc) is 2.52. The third kappa shape index (κ3) is 7.01. The first-order valence-electron chi connectivity index (χ1n) is 6.51. The molecule has 1 aliphatic heterocycles. The highest BCUT2D eigenvalue weighted by molar-refractivity contribution is 7.79. The molecule has 2 rings (SSSR count).